The van der Waals surface area contributed by atoms with Gasteiger partial charge in [-0.3, -0.25) is 9.59 Å². The lowest BCUT2D eigenvalue weighted by atomic mass is 10.3. The van der Waals surface area contributed by atoms with Crippen molar-refractivity contribution in [3.63, 3.8) is 0 Å². The summed E-state index contributed by atoms with van der Waals surface area (Å²) in [5.74, 6) is -0.891. The molecule has 5 nitrogen and oxygen atoms in total. The fraction of sp³-hybridized carbons (Fsp3) is 0.130. The monoisotopic (exact) mass is 424 g/mol. The van der Waals surface area contributed by atoms with Gasteiger partial charge in [0, 0.05) is 15.5 Å². The Morgan fingerprint density at radius 1 is 0.867 bits per heavy atom. The number of likely N-dealkylation sites (N-methyl/N-ethyl adjacent to an activating group) is 1. The van der Waals surface area contributed by atoms with Gasteiger partial charge >= 0.3 is 0 Å². The summed E-state index contributed by atoms with van der Waals surface area (Å²) in [6, 6.07) is 23.2. The summed E-state index contributed by atoms with van der Waals surface area (Å²) < 4.78 is 13.2. The molecular formula is C23H23FN3O2S+. The predicted octanol–water partition coefficient (Wildman–Crippen LogP) is 3.07. The molecule has 3 rings (SSSR count). The van der Waals surface area contributed by atoms with Gasteiger partial charge < -0.3 is 15.5 Å². The van der Waals surface area contributed by atoms with Gasteiger partial charge in [0.25, 0.3) is 11.8 Å². The van der Waals surface area contributed by atoms with Crippen molar-refractivity contribution in [1.82, 2.24) is 0 Å². The van der Waals surface area contributed by atoms with E-state index in [1.807, 2.05) is 54.6 Å². The number of benzene rings is 3. The second-order valence-corrected chi connectivity index (χ2v) is 7.94. The van der Waals surface area contributed by atoms with E-state index in [9.17, 15) is 14.0 Å². The average Bonchev–Trinajstić information content (AvgIpc) is 2.70. The largest absolute Gasteiger partial charge is 0.322 e. The minimum atomic E-state index is -0.417. The SMILES string of the molecule is C[NH+](CC(=O)Nc1cccc(F)c1)CC(=O)Nc1ccccc1Sc1ccccc1. The van der Waals surface area contributed by atoms with Crippen molar-refractivity contribution < 1.29 is 18.9 Å². The molecule has 0 radical (unpaired) electrons. The highest BCUT2D eigenvalue weighted by Crippen LogP contribution is 2.33. The number of anilines is 2. The zero-order valence-corrected chi connectivity index (χ0v) is 17.3. The third kappa shape index (κ3) is 6.72. The van der Waals surface area contributed by atoms with E-state index < -0.39 is 5.82 Å². The van der Waals surface area contributed by atoms with Crippen LogP contribution in [0.3, 0.4) is 0 Å². The van der Waals surface area contributed by atoms with Crippen molar-refractivity contribution in [3.05, 3.63) is 84.7 Å². The van der Waals surface area contributed by atoms with Gasteiger partial charge in [-0.2, -0.15) is 0 Å². The molecule has 30 heavy (non-hydrogen) atoms. The highest BCUT2D eigenvalue weighted by molar-refractivity contribution is 7.99. The molecule has 0 saturated heterocycles. The quantitative estimate of drug-likeness (QED) is 0.521. The Labute approximate surface area is 179 Å². The summed E-state index contributed by atoms with van der Waals surface area (Å²) >= 11 is 1.57. The van der Waals surface area contributed by atoms with Crippen LogP contribution in [-0.4, -0.2) is 32.0 Å². The van der Waals surface area contributed by atoms with Crippen LogP contribution in [0.4, 0.5) is 15.8 Å². The average molecular weight is 425 g/mol. The maximum Gasteiger partial charge on any atom is 0.279 e. The molecule has 0 heterocycles. The molecule has 154 valence electrons. The maximum atomic E-state index is 13.2. The number of para-hydroxylation sites is 1. The Kier molecular flexibility index (Phi) is 7.59. The van der Waals surface area contributed by atoms with Gasteiger partial charge in [0.1, 0.15) is 5.82 Å². The summed E-state index contributed by atoms with van der Waals surface area (Å²) in [5, 5.41) is 5.57. The number of quaternary nitrogens is 1. The molecule has 0 saturated carbocycles. The molecule has 0 aliphatic rings. The number of carbonyl (C=O) groups is 2. The van der Waals surface area contributed by atoms with Crippen LogP contribution in [0.1, 0.15) is 0 Å². The minimum absolute atomic E-state index is 0.0876. The zero-order chi connectivity index (χ0) is 21.3. The highest BCUT2D eigenvalue weighted by Gasteiger charge is 2.16. The number of amides is 2. The summed E-state index contributed by atoms with van der Waals surface area (Å²) in [7, 11) is 1.76. The summed E-state index contributed by atoms with van der Waals surface area (Å²) in [6.45, 7) is 0.214. The number of hydrogen-bond donors (Lipinski definition) is 3. The van der Waals surface area contributed by atoms with Gasteiger partial charge in [-0.05, 0) is 42.5 Å². The Bertz CT molecular complexity index is 1010. The van der Waals surface area contributed by atoms with Crippen LogP contribution in [0.5, 0.6) is 0 Å². The van der Waals surface area contributed by atoms with Crippen LogP contribution >= 0.6 is 11.8 Å². The first kappa shape index (κ1) is 21.5. The van der Waals surface area contributed by atoms with Crippen LogP contribution in [0.15, 0.2) is 88.7 Å². The summed E-state index contributed by atoms with van der Waals surface area (Å²) in [4.78, 5) is 27.4. The van der Waals surface area contributed by atoms with Gasteiger partial charge in [0.2, 0.25) is 0 Å². The second-order valence-electron chi connectivity index (χ2n) is 6.83. The fourth-order valence-corrected chi connectivity index (χ4v) is 3.77. The third-order valence-electron chi connectivity index (χ3n) is 4.17. The highest BCUT2D eigenvalue weighted by atomic mass is 32.2. The number of hydrogen-bond acceptors (Lipinski definition) is 3. The molecule has 3 aromatic rings. The Morgan fingerprint density at radius 3 is 2.27 bits per heavy atom. The summed E-state index contributed by atoms with van der Waals surface area (Å²) in [6.07, 6.45) is 0. The molecule has 0 spiro atoms. The van der Waals surface area contributed by atoms with E-state index in [0.29, 0.717) is 5.69 Å². The first-order chi connectivity index (χ1) is 14.5. The molecule has 1 unspecified atom stereocenters. The maximum absolute atomic E-state index is 13.2. The van der Waals surface area contributed by atoms with Crippen LogP contribution in [0, 0.1) is 5.82 Å². The topological polar surface area (TPSA) is 62.6 Å². The van der Waals surface area contributed by atoms with Gasteiger partial charge in [0.15, 0.2) is 13.1 Å². The van der Waals surface area contributed by atoms with E-state index >= 15 is 0 Å². The number of carbonyl (C=O) groups excluding carboxylic acids is 2. The lowest BCUT2D eigenvalue weighted by Gasteiger charge is -2.15. The molecule has 0 fully saturated rings. The van der Waals surface area contributed by atoms with E-state index in [0.717, 1.165) is 20.4 Å². The molecule has 3 aromatic carbocycles. The molecule has 1 atom stereocenters. The van der Waals surface area contributed by atoms with E-state index in [1.165, 1.54) is 18.2 Å². The van der Waals surface area contributed by atoms with Gasteiger partial charge in [-0.15, -0.1) is 0 Å². The predicted molar refractivity (Wildman–Crippen MR) is 117 cm³/mol. The molecule has 2 amide bonds. The smallest absolute Gasteiger partial charge is 0.279 e. The molecule has 7 heteroatoms. The normalized spacial score (nSPS) is 11.5. The molecule has 0 aromatic heterocycles. The molecule has 3 N–H and O–H groups in total. The standard InChI is InChI=1S/C23H22FN3O2S/c1-27(15-22(28)25-18-9-7-8-17(24)14-18)16-23(29)26-20-12-5-6-13-21(20)30-19-10-3-2-4-11-19/h2-14H,15-16H2,1H3,(H,25,28)(H,26,29)/p+1. The summed E-state index contributed by atoms with van der Waals surface area (Å²) in [5.41, 5.74) is 1.12. The minimum Gasteiger partial charge on any atom is -0.322 e. The first-order valence-electron chi connectivity index (χ1n) is 9.48. The van der Waals surface area contributed by atoms with Gasteiger partial charge in [0.05, 0.1) is 12.7 Å². The number of halogens is 1. The van der Waals surface area contributed by atoms with Crippen LogP contribution in [-0.2, 0) is 9.59 Å². The zero-order valence-electron chi connectivity index (χ0n) is 16.5. The Hall–Kier alpha value is -3.16. The third-order valence-corrected chi connectivity index (χ3v) is 5.25. The fourth-order valence-electron chi connectivity index (χ4n) is 2.85. The van der Waals surface area contributed by atoms with E-state index in [4.69, 9.17) is 0 Å². The van der Waals surface area contributed by atoms with E-state index in [1.54, 1.807) is 24.9 Å². The number of rotatable bonds is 8. The first-order valence-corrected chi connectivity index (χ1v) is 10.3. The molecule has 0 aliphatic carbocycles. The van der Waals surface area contributed by atoms with Gasteiger partial charge in [-0.1, -0.05) is 48.2 Å². The van der Waals surface area contributed by atoms with Crippen molar-refractivity contribution >= 4 is 35.0 Å². The van der Waals surface area contributed by atoms with E-state index in [-0.39, 0.29) is 24.9 Å². The molecule has 0 aliphatic heterocycles. The van der Waals surface area contributed by atoms with E-state index in [2.05, 4.69) is 10.6 Å². The van der Waals surface area contributed by atoms with Crippen molar-refractivity contribution in [3.8, 4) is 0 Å². The van der Waals surface area contributed by atoms with Crippen molar-refractivity contribution in [1.29, 1.82) is 0 Å². The Morgan fingerprint density at radius 2 is 1.53 bits per heavy atom. The van der Waals surface area contributed by atoms with Crippen molar-refractivity contribution in [2.24, 2.45) is 0 Å². The van der Waals surface area contributed by atoms with Gasteiger partial charge in [-0.25, -0.2) is 4.39 Å². The lowest BCUT2D eigenvalue weighted by Crippen LogP contribution is -3.11. The molecular weight excluding hydrogens is 401 g/mol. The Balaban J connectivity index is 1.53. The van der Waals surface area contributed by atoms with Crippen LogP contribution in [0.25, 0.3) is 0 Å². The second kappa shape index (κ2) is 10.6. The lowest BCUT2D eigenvalue weighted by molar-refractivity contribution is -0.862. The molecule has 0 bridgehead atoms. The van der Waals surface area contributed by atoms with Crippen LogP contribution < -0.4 is 15.5 Å². The van der Waals surface area contributed by atoms with Crippen molar-refractivity contribution in [2.75, 3.05) is 30.8 Å². The number of nitrogens with one attached hydrogen (secondary N) is 3. The van der Waals surface area contributed by atoms with Crippen molar-refractivity contribution in [2.45, 2.75) is 9.79 Å². The van der Waals surface area contributed by atoms with Crippen LogP contribution in [0.2, 0.25) is 0 Å².